The number of ether oxygens (including phenoxy) is 1. The van der Waals surface area contributed by atoms with Crippen LogP contribution in [0, 0.1) is 5.92 Å². The molecule has 0 aromatic rings. The maximum absolute atomic E-state index is 12.1. The molecule has 0 radical (unpaired) electrons. The average molecular weight is 269 g/mol. The lowest BCUT2D eigenvalue weighted by Gasteiger charge is -2.27. The molecular weight excluding hydrogens is 242 g/mol. The van der Waals surface area contributed by atoms with Crippen molar-refractivity contribution in [3.63, 3.8) is 0 Å². The first-order valence-electron chi connectivity index (χ1n) is 7.33. The van der Waals surface area contributed by atoms with Crippen LogP contribution < -0.4 is 5.73 Å². The molecule has 2 aliphatic rings. The van der Waals surface area contributed by atoms with Gasteiger partial charge in [0.1, 0.15) is 5.60 Å². The van der Waals surface area contributed by atoms with E-state index in [2.05, 4.69) is 4.90 Å². The number of carbonyl (C=O) groups is 1. The zero-order chi connectivity index (χ0) is 14.0. The van der Waals surface area contributed by atoms with Crippen LogP contribution in [0.25, 0.3) is 0 Å². The van der Waals surface area contributed by atoms with Crippen LogP contribution in [0.4, 0.5) is 4.79 Å². The van der Waals surface area contributed by atoms with Gasteiger partial charge in [0.25, 0.3) is 0 Å². The van der Waals surface area contributed by atoms with Crippen LogP contribution in [-0.2, 0) is 4.74 Å². The summed E-state index contributed by atoms with van der Waals surface area (Å²) in [4.78, 5) is 16.4. The minimum Gasteiger partial charge on any atom is -0.444 e. The number of likely N-dealkylation sites (tertiary alicyclic amines) is 2. The van der Waals surface area contributed by atoms with E-state index >= 15 is 0 Å². The van der Waals surface area contributed by atoms with Crippen LogP contribution in [0.2, 0.25) is 0 Å². The number of hydrogen-bond donors (Lipinski definition) is 1. The highest BCUT2D eigenvalue weighted by atomic mass is 16.6. The fourth-order valence-electron chi connectivity index (χ4n) is 3.05. The van der Waals surface area contributed by atoms with Crippen molar-refractivity contribution in [2.45, 2.75) is 45.3 Å². The van der Waals surface area contributed by atoms with E-state index in [1.54, 1.807) is 0 Å². The summed E-state index contributed by atoms with van der Waals surface area (Å²) in [5, 5.41) is 0. The van der Waals surface area contributed by atoms with Gasteiger partial charge in [-0.05, 0) is 53.2 Å². The number of nitrogens with two attached hydrogens (primary N) is 1. The predicted molar refractivity (Wildman–Crippen MR) is 74.9 cm³/mol. The van der Waals surface area contributed by atoms with Crippen molar-refractivity contribution in [2.24, 2.45) is 11.7 Å². The third-order valence-electron chi connectivity index (χ3n) is 3.97. The van der Waals surface area contributed by atoms with Gasteiger partial charge in [-0.25, -0.2) is 4.79 Å². The van der Waals surface area contributed by atoms with Crippen molar-refractivity contribution < 1.29 is 9.53 Å². The van der Waals surface area contributed by atoms with Gasteiger partial charge < -0.3 is 15.4 Å². The molecule has 0 unspecified atom stereocenters. The lowest BCUT2D eigenvalue weighted by Crippen LogP contribution is -2.41. The largest absolute Gasteiger partial charge is 0.444 e. The molecule has 5 nitrogen and oxygen atoms in total. The van der Waals surface area contributed by atoms with Gasteiger partial charge in [0, 0.05) is 25.0 Å². The van der Waals surface area contributed by atoms with Gasteiger partial charge in [-0.2, -0.15) is 0 Å². The van der Waals surface area contributed by atoms with Crippen LogP contribution in [-0.4, -0.2) is 60.3 Å². The summed E-state index contributed by atoms with van der Waals surface area (Å²) in [6.07, 6.45) is 2.33. The molecule has 2 aliphatic heterocycles. The molecule has 19 heavy (non-hydrogen) atoms. The summed E-state index contributed by atoms with van der Waals surface area (Å²) in [5.41, 5.74) is 5.45. The molecule has 0 saturated carbocycles. The van der Waals surface area contributed by atoms with Crippen molar-refractivity contribution in [1.29, 1.82) is 0 Å². The fraction of sp³-hybridized carbons (Fsp3) is 0.929. The summed E-state index contributed by atoms with van der Waals surface area (Å²) in [6, 6.07) is 0.417. The quantitative estimate of drug-likeness (QED) is 0.820. The molecule has 110 valence electrons. The van der Waals surface area contributed by atoms with Crippen molar-refractivity contribution in [3.8, 4) is 0 Å². The first-order chi connectivity index (χ1) is 8.90. The molecule has 0 bridgehead atoms. The monoisotopic (exact) mass is 269 g/mol. The lowest BCUT2D eigenvalue weighted by molar-refractivity contribution is 0.0280. The molecule has 0 spiro atoms. The first-order valence-corrected chi connectivity index (χ1v) is 7.33. The Bertz CT molecular complexity index is 321. The van der Waals surface area contributed by atoms with Gasteiger partial charge in [-0.1, -0.05) is 0 Å². The molecule has 5 heteroatoms. The van der Waals surface area contributed by atoms with Gasteiger partial charge in [-0.3, -0.25) is 4.90 Å². The molecule has 2 atom stereocenters. The molecular formula is C14H27N3O2. The number of amides is 1. The van der Waals surface area contributed by atoms with E-state index in [0.29, 0.717) is 18.5 Å². The van der Waals surface area contributed by atoms with Gasteiger partial charge in [-0.15, -0.1) is 0 Å². The zero-order valence-electron chi connectivity index (χ0n) is 12.4. The molecule has 0 aliphatic carbocycles. The second kappa shape index (κ2) is 5.67. The topological polar surface area (TPSA) is 58.8 Å². The fourth-order valence-corrected chi connectivity index (χ4v) is 3.05. The lowest BCUT2D eigenvalue weighted by atomic mass is 10.0. The van der Waals surface area contributed by atoms with Crippen LogP contribution in [0.3, 0.4) is 0 Å². The van der Waals surface area contributed by atoms with Crippen LogP contribution >= 0.6 is 0 Å². The molecule has 2 N–H and O–H groups in total. The van der Waals surface area contributed by atoms with Gasteiger partial charge in [0.05, 0.1) is 0 Å². The van der Waals surface area contributed by atoms with E-state index in [-0.39, 0.29) is 6.09 Å². The van der Waals surface area contributed by atoms with Crippen molar-refractivity contribution in [1.82, 2.24) is 9.80 Å². The molecule has 1 amide bonds. The Morgan fingerprint density at radius 1 is 1.26 bits per heavy atom. The Kier molecular flexibility index (Phi) is 4.36. The van der Waals surface area contributed by atoms with E-state index in [4.69, 9.17) is 10.5 Å². The summed E-state index contributed by atoms with van der Waals surface area (Å²) in [7, 11) is 0. The Balaban J connectivity index is 1.96. The Labute approximate surface area is 116 Å². The highest BCUT2D eigenvalue weighted by Gasteiger charge is 2.39. The second-order valence-electron chi connectivity index (χ2n) is 6.69. The summed E-state index contributed by atoms with van der Waals surface area (Å²) < 4.78 is 5.45. The third-order valence-corrected chi connectivity index (χ3v) is 3.97. The summed E-state index contributed by atoms with van der Waals surface area (Å²) in [5.74, 6) is 0.380. The van der Waals surface area contributed by atoms with E-state index in [1.807, 2.05) is 25.7 Å². The third kappa shape index (κ3) is 3.60. The van der Waals surface area contributed by atoms with Crippen molar-refractivity contribution in [2.75, 3.05) is 32.7 Å². The van der Waals surface area contributed by atoms with E-state index in [9.17, 15) is 4.79 Å². The van der Waals surface area contributed by atoms with E-state index < -0.39 is 5.60 Å². The maximum Gasteiger partial charge on any atom is 0.410 e. The molecule has 2 rings (SSSR count). The smallest absolute Gasteiger partial charge is 0.410 e. The van der Waals surface area contributed by atoms with Gasteiger partial charge in [0.2, 0.25) is 0 Å². The molecule has 0 aromatic heterocycles. The number of carbonyl (C=O) groups excluding carboxylic acids is 1. The van der Waals surface area contributed by atoms with Crippen LogP contribution in [0.1, 0.15) is 33.6 Å². The maximum atomic E-state index is 12.1. The van der Waals surface area contributed by atoms with Gasteiger partial charge >= 0.3 is 6.09 Å². The predicted octanol–water partition coefficient (Wildman–Crippen LogP) is 1.28. The Morgan fingerprint density at radius 2 is 1.89 bits per heavy atom. The average Bonchev–Trinajstić information content (AvgIpc) is 2.95. The normalized spacial score (nSPS) is 28.9. The van der Waals surface area contributed by atoms with Gasteiger partial charge in [0.15, 0.2) is 0 Å². The van der Waals surface area contributed by atoms with Crippen molar-refractivity contribution >= 4 is 6.09 Å². The number of hydrogen-bond acceptors (Lipinski definition) is 4. The molecule has 2 fully saturated rings. The first kappa shape index (κ1) is 14.6. The molecule has 0 aromatic carbocycles. The van der Waals surface area contributed by atoms with E-state index in [0.717, 1.165) is 26.2 Å². The zero-order valence-corrected chi connectivity index (χ0v) is 12.4. The summed E-state index contributed by atoms with van der Waals surface area (Å²) >= 11 is 0. The Hall–Kier alpha value is -0.810. The minimum atomic E-state index is -0.430. The highest BCUT2D eigenvalue weighted by Crippen LogP contribution is 2.26. The number of nitrogens with zero attached hydrogens (tertiary/aromatic N) is 2. The highest BCUT2D eigenvalue weighted by molar-refractivity contribution is 5.68. The second-order valence-corrected chi connectivity index (χ2v) is 6.69. The number of rotatable bonds is 2. The summed E-state index contributed by atoms with van der Waals surface area (Å²) in [6.45, 7) is 10.1. The molecule has 2 saturated heterocycles. The standard InChI is InChI=1S/C14H27N3O2/c1-14(2,3)19-13(18)17-9-11(8-15)12(10-17)16-6-4-5-7-16/h11-12H,4-10,15H2,1-3H3/t11-,12+/m1/s1. The van der Waals surface area contributed by atoms with Crippen LogP contribution in [0.5, 0.6) is 0 Å². The van der Waals surface area contributed by atoms with Crippen LogP contribution in [0.15, 0.2) is 0 Å². The molecule has 2 heterocycles. The van der Waals surface area contributed by atoms with E-state index in [1.165, 1.54) is 12.8 Å². The Morgan fingerprint density at radius 3 is 2.42 bits per heavy atom. The minimum absolute atomic E-state index is 0.201. The van der Waals surface area contributed by atoms with Crippen molar-refractivity contribution in [3.05, 3.63) is 0 Å². The SMILES string of the molecule is CC(C)(C)OC(=O)N1C[C@@H](CN)[C@@H](N2CCCC2)C1.